The van der Waals surface area contributed by atoms with Crippen LogP contribution in [0.25, 0.3) is 0 Å². The summed E-state index contributed by atoms with van der Waals surface area (Å²) in [5.41, 5.74) is 2.24. The molecule has 0 unspecified atom stereocenters. The molecule has 0 saturated heterocycles. The lowest BCUT2D eigenvalue weighted by molar-refractivity contribution is -0.140. The number of nitrogens with zero attached hydrogens (tertiary/aromatic N) is 2. The highest BCUT2D eigenvalue weighted by Crippen LogP contribution is 2.28. The van der Waals surface area contributed by atoms with E-state index in [1.165, 1.54) is 4.31 Å². The quantitative estimate of drug-likeness (QED) is 0.407. The third-order valence-electron chi connectivity index (χ3n) is 6.31. The van der Waals surface area contributed by atoms with Crippen LogP contribution >= 0.6 is 11.6 Å². The number of halogens is 1. The molecule has 36 heavy (non-hydrogen) atoms. The Kier molecular flexibility index (Phi) is 11.2. The van der Waals surface area contributed by atoms with Crippen LogP contribution in [-0.4, -0.2) is 56.6 Å². The van der Waals surface area contributed by atoms with Crippen molar-refractivity contribution < 1.29 is 18.0 Å². The zero-order valence-electron chi connectivity index (χ0n) is 21.8. The summed E-state index contributed by atoms with van der Waals surface area (Å²) in [6.45, 7) is 7.94. The Hall–Kier alpha value is -2.58. The summed E-state index contributed by atoms with van der Waals surface area (Å²) in [6.07, 6.45) is 2.97. The Morgan fingerprint density at radius 1 is 1.03 bits per heavy atom. The number of amides is 2. The number of sulfonamides is 1. The molecule has 2 atom stereocenters. The molecule has 7 nitrogen and oxygen atoms in total. The van der Waals surface area contributed by atoms with Gasteiger partial charge in [0, 0.05) is 30.6 Å². The van der Waals surface area contributed by atoms with Crippen LogP contribution < -0.4 is 9.62 Å². The van der Waals surface area contributed by atoms with Gasteiger partial charge in [0.2, 0.25) is 21.8 Å². The highest BCUT2D eigenvalue weighted by atomic mass is 35.5. The summed E-state index contributed by atoms with van der Waals surface area (Å²) in [5.74, 6) is -0.382. The first kappa shape index (κ1) is 29.6. The number of carbonyl (C=O) groups is 2. The first-order chi connectivity index (χ1) is 17.0. The molecule has 0 saturated carbocycles. The molecule has 0 radical (unpaired) electrons. The molecular formula is C27H38ClN3O4S. The minimum Gasteiger partial charge on any atom is -0.352 e. The molecule has 2 rings (SSSR count). The van der Waals surface area contributed by atoms with E-state index in [0.29, 0.717) is 35.7 Å². The smallest absolute Gasteiger partial charge is 0.242 e. The number of hydrogen-bond donors (Lipinski definition) is 1. The summed E-state index contributed by atoms with van der Waals surface area (Å²) < 4.78 is 26.3. The zero-order valence-corrected chi connectivity index (χ0v) is 23.4. The van der Waals surface area contributed by atoms with Gasteiger partial charge in [-0.1, -0.05) is 54.9 Å². The minimum absolute atomic E-state index is 0.00952. The van der Waals surface area contributed by atoms with E-state index in [4.69, 9.17) is 11.6 Å². The molecule has 2 aromatic carbocycles. The van der Waals surface area contributed by atoms with E-state index in [1.54, 1.807) is 36.9 Å². The minimum atomic E-state index is -3.58. The predicted molar refractivity (Wildman–Crippen MR) is 147 cm³/mol. The van der Waals surface area contributed by atoms with E-state index < -0.39 is 16.1 Å². The second-order valence-electron chi connectivity index (χ2n) is 9.14. The van der Waals surface area contributed by atoms with Gasteiger partial charge in [0.05, 0.1) is 11.9 Å². The maximum Gasteiger partial charge on any atom is 0.242 e. The van der Waals surface area contributed by atoms with E-state index in [1.807, 2.05) is 44.2 Å². The standard InChI is InChI=1S/C27H38ClN3O4S/c1-6-20(2)29-27(33)22(4)30(19-17-23-12-8-7-9-13-23)26(32)16-11-18-31(36(5,34)35)25-15-10-14-24(28)21(25)3/h7-10,12-15,20,22H,6,11,16-19H2,1-5H3,(H,29,33)/t20-,22+/m0/s1. The average molecular weight is 536 g/mol. The maximum absolute atomic E-state index is 13.3. The molecule has 0 aliphatic heterocycles. The molecule has 0 aromatic heterocycles. The third-order valence-corrected chi connectivity index (χ3v) is 7.90. The predicted octanol–water partition coefficient (Wildman–Crippen LogP) is 4.57. The fraction of sp³-hybridized carbons (Fsp3) is 0.481. The van der Waals surface area contributed by atoms with Crippen LogP contribution in [0.1, 0.15) is 51.2 Å². The molecule has 0 aliphatic rings. The first-order valence-electron chi connectivity index (χ1n) is 12.3. The monoisotopic (exact) mass is 535 g/mol. The van der Waals surface area contributed by atoms with E-state index >= 15 is 0 Å². The summed E-state index contributed by atoms with van der Waals surface area (Å²) in [7, 11) is -3.58. The van der Waals surface area contributed by atoms with Gasteiger partial charge in [-0.05, 0) is 63.3 Å². The Labute approximate surface area is 220 Å². The van der Waals surface area contributed by atoms with E-state index in [9.17, 15) is 18.0 Å². The molecule has 1 N–H and O–H groups in total. The fourth-order valence-electron chi connectivity index (χ4n) is 3.88. The maximum atomic E-state index is 13.3. The second kappa shape index (κ2) is 13.7. The number of nitrogens with one attached hydrogen (secondary N) is 1. The normalized spacial score (nSPS) is 13.1. The Balaban J connectivity index is 2.15. The van der Waals surface area contributed by atoms with Crippen molar-refractivity contribution in [3.05, 3.63) is 64.7 Å². The zero-order chi connectivity index (χ0) is 26.9. The highest BCUT2D eigenvalue weighted by Gasteiger charge is 2.27. The van der Waals surface area contributed by atoms with Gasteiger partial charge in [0.15, 0.2) is 0 Å². The molecule has 0 aliphatic carbocycles. The van der Waals surface area contributed by atoms with Crippen molar-refractivity contribution >= 4 is 39.1 Å². The van der Waals surface area contributed by atoms with Crippen molar-refractivity contribution in [3.8, 4) is 0 Å². The molecule has 0 heterocycles. The Morgan fingerprint density at radius 2 is 1.69 bits per heavy atom. The largest absolute Gasteiger partial charge is 0.352 e. The summed E-state index contributed by atoms with van der Waals surface area (Å²) in [4.78, 5) is 27.7. The van der Waals surface area contributed by atoms with Crippen molar-refractivity contribution in [1.82, 2.24) is 10.2 Å². The topological polar surface area (TPSA) is 86.8 Å². The Morgan fingerprint density at radius 3 is 2.31 bits per heavy atom. The van der Waals surface area contributed by atoms with Gasteiger partial charge >= 0.3 is 0 Å². The van der Waals surface area contributed by atoms with Crippen molar-refractivity contribution in [2.45, 2.75) is 65.5 Å². The third kappa shape index (κ3) is 8.52. The van der Waals surface area contributed by atoms with Crippen LogP contribution in [0.15, 0.2) is 48.5 Å². The number of benzene rings is 2. The summed E-state index contributed by atoms with van der Waals surface area (Å²) in [6, 6.07) is 14.3. The summed E-state index contributed by atoms with van der Waals surface area (Å²) in [5, 5.41) is 3.43. The average Bonchev–Trinajstić information content (AvgIpc) is 2.83. The Bertz CT molecular complexity index is 1130. The summed E-state index contributed by atoms with van der Waals surface area (Å²) >= 11 is 6.21. The lowest BCUT2D eigenvalue weighted by Crippen LogP contribution is -2.50. The molecule has 0 fully saturated rings. The van der Waals surface area contributed by atoms with Crippen LogP contribution in [0.4, 0.5) is 5.69 Å². The lowest BCUT2D eigenvalue weighted by Gasteiger charge is -2.30. The van der Waals surface area contributed by atoms with Gasteiger partial charge in [-0.2, -0.15) is 0 Å². The van der Waals surface area contributed by atoms with Gasteiger partial charge in [0.1, 0.15) is 6.04 Å². The second-order valence-corrected chi connectivity index (χ2v) is 11.5. The highest BCUT2D eigenvalue weighted by molar-refractivity contribution is 7.92. The first-order valence-corrected chi connectivity index (χ1v) is 14.5. The van der Waals surface area contributed by atoms with E-state index in [0.717, 1.165) is 18.2 Å². The van der Waals surface area contributed by atoms with Gasteiger partial charge in [-0.3, -0.25) is 13.9 Å². The van der Waals surface area contributed by atoms with Gasteiger partial charge < -0.3 is 10.2 Å². The van der Waals surface area contributed by atoms with Crippen molar-refractivity contribution in [2.24, 2.45) is 0 Å². The molecule has 0 spiro atoms. The molecule has 2 amide bonds. The van der Waals surface area contributed by atoms with Crippen LogP contribution in [0, 0.1) is 6.92 Å². The molecule has 2 aromatic rings. The number of rotatable bonds is 13. The van der Waals surface area contributed by atoms with Gasteiger partial charge in [0.25, 0.3) is 0 Å². The van der Waals surface area contributed by atoms with Crippen molar-refractivity contribution in [2.75, 3.05) is 23.7 Å². The van der Waals surface area contributed by atoms with Crippen molar-refractivity contribution in [1.29, 1.82) is 0 Å². The SMILES string of the molecule is CC[C@H](C)NC(=O)[C@@H](C)N(CCc1ccccc1)C(=O)CCCN(c1cccc(Cl)c1C)S(C)(=O)=O. The molecule has 9 heteroatoms. The van der Waals surface area contributed by atoms with Gasteiger partial charge in [-0.25, -0.2) is 8.42 Å². The number of hydrogen-bond acceptors (Lipinski definition) is 4. The number of anilines is 1. The van der Waals surface area contributed by atoms with Crippen molar-refractivity contribution in [3.63, 3.8) is 0 Å². The molecular weight excluding hydrogens is 498 g/mol. The fourth-order valence-corrected chi connectivity index (χ4v) is 5.07. The molecule has 198 valence electrons. The van der Waals surface area contributed by atoms with Crippen LogP contribution in [-0.2, 0) is 26.0 Å². The number of carbonyl (C=O) groups excluding carboxylic acids is 2. The van der Waals surface area contributed by atoms with Crippen LogP contribution in [0.3, 0.4) is 0 Å². The van der Waals surface area contributed by atoms with Crippen LogP contribution in [0.2, 0.25) is 5.02 Å². The van der Waals surface area contributed by atoms with Gasteiger partial charge in [-0.15, -0.1) is 0 Å². The van der Waals surface area contributed by atoms with E-state index in [2.05, 4.69) is 5.32 Å². The lowest BCUT2D eigenvalue weighted by atomic mass is 10.1. The van der Waals surface area contributed by atoms with E-state index in [-0.39, 0.29) is 30.8 Å². The molecule has 0 bridgehead atoms. The van der Waals surface area contributed by atoms with Crippen LogP contribution in [0.5, 0.6) is 0 Å².